The Morgan fingerprint density at radius 1 is 0.929 bits per heavy atom. The molecule has 0 spiro atoms. The molecule has 8 heteroatoms. The molecule has 0 saturated carbocycles. The molecule has 42 heavy (non-hydrogen) atoms. The summed E-state index contributed by atoms with van der Waals surface area (Å²) in [5, 5.41) is 7.94. The SMILES string of the molecule is Cc1cccc([C@H]2SCC(=O)N(CC(=O)NCc3ccccn3)c3c2c(-c2ccccc2)nn3-c2cccc(C)c2)c1. The third-order valence-electron chi connectivity index (χ3n) is 7.22. The van der Waals surface area contributed by atoms with Crippen LogP contribution in [0.25, 0.3) is 16.9 Å². The van der Waals surface area contributed by atoms with E-state index in [0.717, 1.165) is 44.9 Å². The molecule has 1 atom stereocenters. The Balaban J connectivity index is 1.52. The Labute approximate surface area is 249 Å². The summed E-state index contributed by atoms with van der Waals surface area (Å²) in [5.74, 6) is 0.437. The fourth-order valence-electron chi connectivity index (χ4n) is 5.26. The number of aromatic nitrogens is 3. The highest BCUT2D eigenvalue weighted by molar-refractivity contribution is 8.00. The van der Waals surface area contributed by atoms with Crippen molar-refractivity contribution in [2.75, 3.05) is 17.2 Å². The van der Waals surface area contributed by atoms with Crippen molar-refractivity contribution in [3.8, 4) is 16.9 Å². The largest absolute Gasteiger partial charge is 0.349 e. The van der Waals surface area contributed by atoms with Gasteiger partial charge in [-0.2, -0.15) is 5.10 Å². The molecule has 0 fully saturated rings. The van der Waals surface area contributed by atoms with Gasteiger partial charge in [-0.25, -0.2) is 4.68 Å². The Hall–Kier alpha value is -4.69. The minimum absolute atomic E-state index is 0.133. The highest BCUT2D eigenvalue weighted by Crippen LogP contribution is 2.48. The minimum atomic E-state index is -0.266. The maximum atomic E-state index is 13.9. The summed E-state index contributed by atoms with van der Waals surface area (Å²) >= 11 is 1.57. The van der Waals surface area contributed by atoms with Crippen LogP contribution in [0.4, 0.5) is 5.82 Å². The van der Waals surface area contributed by atoms with Gasteiger partial charge in [-0.15, -0.1) is 11.8 Å². The molecule has 210 valence electrons. The first-order chi connectivity index (χ1) is 20.5. The van der Waals surface area contributed by atoms with E-state index < -0.39 is 0 Å². The number of amides is 2. The number of benzene rings is 3. The summed E-state index contributed by atoms with van der Waals surface area (Å²) in [6.07, 6.45) is 1.69. The second-order valence-corrected chi connectivity index (χ2v) is 11.5. The lowest BCUT2D eigenvalue weighted by Crippen LogP contribution is -2.42. The molecule has 0 bridgehead atoms. The molecule has 7 nitrogen and oxygen atoms in total. The summed E-state index contributed by atoms with van der Waals surface area (Å²) in [6.45, 7) is 4.25. The van der Waals surface area contributed by atoms with Crippen molar-refractivity contribution >= 4 is 29.4 Å². The molecule has 0 saturated heterocycles. The van der Waals surface area contributed by atoms with Gasteiger partial charge in [-0.1, -0.05) is 78.4 Å². The Kier molecular flexibility index (Phi) is 7.88. The van der Waals surface area contributed by atoms with E-state index in [1.807, 2.05) is 90.5 Å². The summed E-state index contributed by atoms with van der Waals surface area (Å²) < 4.78 is 1.84. The third kappa shape index (κ3) is 5.71. The van der Waals surface area contributed by atoms with Gasteiger partial charge in [0.1, 0.15) is 12.4 Å². The number of hydrogen-bond acceptors (Lipinski definition) is 5. The lowest BCUT2D eigenvalue weighted by atomic mass is 9.98. The van der Waals surface area contributed by atoms with Gasteiger partial charge < -0.3 is 5.32 Å². The lowest BCUT2D eigenvalue weighted by molar-refractivity contribution is -0.123. The van der Waals surface area contributed by atoms with Crippen LogP contribution in [0.1, 0.15) is 33.2 Å². The summed E-state index contributed by atoms with van der Waals surface area (Å²) in [4.78, 5) is 33.2. The van der Waals surface area contributed by atoms with E-state index in [-0.39, 0.29) is 35.9 Å². The van der Waals surface area contributed by atoms with Crippen LogP contribution in [0.2, 0.25) is 0 Å². The molecule has 1 N–H and O–H groups in total. The van der Waals surface area contributed by atoms with Gasteiger partial charge in [-0.3, -0.25) is 19.5 Å². The number of rotatable bonds is 7. The van der Waals surface area contributed by atoms with Crippen molar-refractivity contribution in [1.29, 1.82) is 0 Å². The van der Waals surface area contributed by atoms with E-state index in [4.69, 9.17) is 5.10 Å². The molecule has 3 heterocycles. The summed E-state index contributed by atoms with van der Waals surface area (Å²) in [7, 11) is 0. The van der Waals surface area contributed by atoms with Gasteiger partial charge in [0, 0.05) is 17.3 Å². The van der Waals surface area contributed by atoms with Crippen molar-refractivity contribution in [3.05, 3.63) is 131 Å². The van der Waals surface area contributed by atoms with Gasteiger partial charge in [-0.05, 0) is 49.2 Å². The van der Waals surface area contributed by atoms with Crippen LogP contribution in [0.15, 0.2) is 103 Å². The van der Waals surface area contributed by atoms with Crippen LogP contribution >= 0.6 is 11.8 Å². The van der Waals surface area contributed by atoms with Gasteiger partial charge in [0.25, 0.3) is 0 Å². The summed E-state index contributed by atoms with van der Waals surface area (Å²) in [5.41, 5.74) is 7.55. The maximum absolute atomic E-state index is 13.9. The van der Waals surface area contributed by atoms with Crippen LogP contribution < -0.4 is 10.2 Å². The first-order valence-electron chi connectivity index (χ1n) is 13.9. The maximum Gasteiger partial charge on any atom is 0.240 e. The lowest BCUT2D eigenvalue weighted by Gasteiger charge is -2.23. The van der Waals surface area contributed by atoms with Crippen LogP contribution in [-0.4, -0.2) is 38.9 Å². The van der Waals surface area contributed by atoms with Gasteiger partial charge >= 0.3 is 0 Å². The quantitative estimate of drug-likeness (QED) is 0.257. The highest BCUT2D eigenvalue weighted by atomic mass is 32.2. The molecule has 2 aromatic heterocycles. The second-order valence-electron chi connectivity index (χ2n) is 10.4. The Morgan fingerprint density at radius 3 is 2.43 bits per heavy atom. The van der Waals surface area contributed by atoms with Gasteiger partial charge in [0.05, 0.1) is 34.6 Å². The van der Waals surface area contributed by atoms with E-state index in [0.29, 0.717) is 5.82 Å². The average molecular weight is 574 g/mol. The summed E-state index contributed by atoms with van der Waals surface area (Å²) in [6, 6.07) is 32.1. The molecule has 1 aliphatic rings. The number of aryl methyl sites for hydroxylation is 2. The minimum Gasteiger partial charge on any atom is -0.349 e. The zero-order valence-electron chi connectivity index (χ0n) is 23.5. The number of hydrogen-bond donors (Lipinski definition) is 1. The molecule has 0 radical (unpaired) electrons. The molecule has 5 aromatic rings. The molecular formula is C34H31N5O2S. The third-order valence-corrected chi connectivity index (χ3v) is 8.48. The fourth-order valence-corrected chi connectivity index (χ4v) is 6.44. The Morgan fingerprint density at radius 2 is 1.69 bits per heavy atom. The highest BCUT2D eigenvalue weighted by Gasteiger charge is 2.37. The van der Waals surface area contributed by atoms with E-state index in [9.17, 15) is 9.59 Å². The number of fused-ring (bicyclic) bond motifs is 1. The molecule has 1 aliphatic heterocycles. The molecule has 3 aromatic carbocycles. The number of carbonyl (C=O) groups is 2. The average Bonchev–Trinajstić information content (AvgIpc) is 3.33. The standard InChI is InChI=1S/C34H31N5O2S/c1-23-10-8-14-26(18-23)33-31-32(25-12-4-3-5-13-25)37-39(28-16-9-11-24(2)19-28)34(31)38(30(41)22-42-33)21-29(40)36-20-27-15-6-7-17-35-27/h3-19,33H,20-22H2,1-2H3,(H,36,40)/t33-/m1/s1. The van der Waals surface area contributed by atoms with E-state index in [1.54, 1.807) is 22.9 Å². The zero-order valence-corrected chi connectivity index (χ0v) is 24.3. The first kappa shape index (κ1) is 27.5. The molecular weight excluding hydrogens is 542 g/mol. The number of anilines is 1. The van der Waals surface area contributed by atoms with Crippen molar-refractivity contribution < 1.29 is 9.59 Å². The van der Waals surface area contributed by atoms with Crippen LogP contribution in [-0.2, 0) is 16.1 Å². The Bertz CT molecular complexity index is 1740. The van der Waals surface area contributed by atoms with Crippen LogP contribution in [0.5, 0.6) is 0 Å². The van der Waals surface area contributed by atoms with Crippen molar-refractivity contribution in [2.45, 2.75) is 25.6 Å². The number of carbonyl (C=O) groups excluding carboxylic acids is 2. The molecule has 6 rings (SSSR count). The molecule has 2 amide bonds. The predicted octanol–water partition coefficient (Wildman–Crippen LogP) is 6.04. The van der Waals surface area contributed by atoms with Gasteiger partial charge in [0.2, 0.25) is 11.8 Å². The van der Waals surface area contributed by atoms with E-state index >= 15 is 0 Å². The first-order valence-corrected chi connectivity index (χ1v) is 14.9. The topological polar surface area (TPSA) is 80.1 Å². The van der Waals surface area contributed by atoms with Gasteiger partial charge in [0.15, 0.2) is 0 Å². The number of thioether (sulfide) groups is 1. The molecule has 0 unspecified atom stereocenters. The van der Waals surface area contributed by atoms with Crippen LogP contribution in [0, 0.1) is 13.8 Å². The smallest absolute Gasteiger partial charge is 0.240 e. The number of nitrogens with zero attached hydrogens (tertiary/aromatic N) is 4. The monoisotopic (exact) mass is 573 g/mol. The van der Waals surface area contributed by atoms with Crippen molar-refractivity contribution in [1.82, 2.24) is 20.1 Å². The number of pyridine rings is 1. The van der Waals surface area contributed by atoms with Crippen molar-refractivity contribution in [3.63, 3.8) is 0 Å². The normalized spacial score (nSPS) is 14.8. The van der Waals surface area contributed by atoms with E-state index in [2.05, 4.69) is 35.4 Å². The zero-order chi connectivity index (χ0) is 29.1. The second kappa shape index (κ2) is 12.0. The van der Waals surface area contributed by atoms with Crippen molar-refractivity contribution in [2.24, 2.45) is 0 Å². The van der Waals surface area contributed by atoms with Crippen LogP contribution in [0.3, 0.4) is 0 Å². The predicted molar refractivity (Wildman–Crippen MR) is 168 cm³/mol. The number of nitrogens with one attached hydrogen (secondary N) is 1. The molecule has 0 aliphatic carbocycles. The fraction of sp³-hybridized carbons (Fsp3) is 0.176. The van der Waals surface area contributed by atoms with E-state index in [1.165, 1.54) is 0 Å².